The van der Waals surface area contributed by atoms with Crippen LogP contribution >= 0.6 is 11.3 Å². The van der Waals surface area contributed by atoms with Crippen molar-refractivity contribution >= 4 is 11.3 Å². The maximum atomic E-state index is 4.72. The number of hydrogen-bond acceptors (Lipinski definition) is 3. The first-order valence-electron chi connectivity index (χ1n) is 5.60. The van der Waals surface area contributed by atoms with E-state index < -0.39 is 0 Å². The molecule has 2 rings (SSSR count). The summed E-state index contributed by atoms with van der Waals surface area (Å²) in [5.41, 5.74) is 1.70. The van der Waals surface area contributed by atoms with Crippen molar-refractivity contribution in [3.63, 3.8) is 0 Å². The molecule has 0 radical (unpaired) electrons. The number of rotatable bonds is 3. The molecular weight excluding hydrogens is 204 g/mol. The summed E-state index contributed by atoms with van der Waals surface area (Å²) in [4.78, 5) is 6.11. The third kappa shape index (κ3) is 1.95. The highest BCUT2D eigenvalue weighted by atomic mass is 32.1. The zero-order valence-corrected chi connectivity index (χ0v) is 11.0. The van der Waals surface area contributed by atoms with Gasteiger partial charge >= 0.3 is 0 Å². The third-order valence-electron chi connectivity index (χ3n) is 3.49. The molecule has 1 aromatic rings. The molecule has 0 spiro atoms. The normalized spacial score (nSPS) is 25.3. The quantitative estimate of drug-likeness (QED) is 0.852. The Hall–Kier alpha value is -0.410. The molecule has 1 aromatic heterocycles. The predicted molar refractivity (Wildman–Crippen MR) is 65.5 cm³/mol. The molecule has 0 aliphatic heterocycles. The molecule has 3 heteroatoms. The summed E-state index contributed by atoms with van der Waals surface area (Å²) in [6.45, 7) is 8.98. The lowest BCUT2D eigenvalue weighted by Gasteiger charge is -2.07. The van der Waals surface area contributed by atoms with E-state index in [1.54, 1.807) is 0 Å². The average molecular weight is 224 g/mol. The lowest BCUT2D eigenvalue weighted by Crippen LogP contribution is -2.11. The van der Waals surface area contributed by atoms with Crippen LogP contribution in [0.1, 0.15) is 54.7 Å². The van der Waals surface area contributed by atoms with E-state index in [1.165, 1.54) is 22.0 Å². The van der Waals surface area contributed by atoms with E-state index in [4.69, 9.17) is 4.98 Å². The molecule has 0 saturated heterocycles. The fourth-order valence-electron chi connectivity index (χ4n) is 2.00. The van der Waals surface area contributed by atoms with E-state index in [0.29, 0.717) is 17.4 Å². The summed E-state index contributed by atoms with van der Waals surface area (Å²) in [6, 6.07) is 0.429. The van der Waals surface area contributed by atoms with Crippen molar-refractivity contribution in [3.05, 3.63) is 15.6 Å². The van der Waals surface area contributed by atoms with Crippen LogP contribution in [0.3, 0.4) is 0 Å². The first-order valence-corrected chi connectivity index (χ1v) is 6.42. The fraction of sp³-hybridized carbons (Fsp3) is 0.750. The van der Waals surface area contributed by atoms with Crippen molar-refractivity contribution in [1.29, 1.82) is 0 Å². The van der Waals surface area contributed by atoms with Gasteiger partial charge in [-0.3, -0.25) is 0 Å². The van der Waals surface area contributed by atoms with Crippen LogP contribution in [0.2, 0.25) is 0 Å². The zero-order chi connectivity index (χ0) is 11.2. The maximum absolute atomic E-state index is 4.72. The van der Waals surface area contributed by atoms with Crippen molar-refractivity contribution in [3.8, 4) is 0 Å². The van der Waals surface area contributed by atoms with Crippen LogP contribution < -0.4 is 5.32 Å². The van der Waals surface area contributed by atoms with Crippen LogP contribution in [0.4, 0.5) is 0 Å². The molecule has 1 heterocycles. The van der Waals surface area contributed by atoms with Crippen molar-refractivity contribution in [2.24, 2.45) is 5.41 Å². The van der Waals surface area contributed by atoms with Crippen LogP contribution in [-0.2, 0) is 0 Å². The van der Waals surface area contributed by atoms with Crippen LogP contribution in [0.25, 0.3) is 0 Å². The Morgan fingerprint density at radius 2 is 2.13 bits per heavy atom. The molecule has 84 valence electrons. The molecule has 1 fully saturated rings. The molecule has 1 aliphatic carbocycles. The minimum atomic E-state index is 0.429. The second-order valence-corrected chi connectivity index (χ2v) is 6.32. The Labute approximate surface area is 96.1 Å². The van der Waals surface area contributed by atoms with Crippen molar-refractivity contribution < 1.29 is 0 Å². The lowest BCUT2D eigenvalue weighted by molar-refractivity contribution is 0.620. The van der Waals surface area contributed by atoms with Crippen molar-refractivity contribution in [1.82, 2.24) is 10.3 Å². The molecule has 2 unspecified atom stereocenters. The van der Waals surface area contributed by atoms with Gasteiger partial charge in [0.1, 0.15) is 0 Å². The van der Waals surface area contributed by atoms with Gasteiger partial charge in [-0.05, 0) is 32.7 Å². The maximum Gasteiger partial charge on any atom is 0.0968 e. The van der Waals surface area contributed by atoms with Gasteiger partial charge in [-0.2, -0.15) is 0 Å². The van der Waals surface area contributed by atoms with Gasteiger partial charge in [0, 0.05) is 16.8 Å². The molecule has 1 aliphatic rings. The lowest BCUT2D eigenvalue weighted by atomic mass is 10.1. The molecule has 1 N–H and O–H groups in total. The summed E-state index contributed by atoms with van der Waals surface area (Å²) in [5, 5.41) is 4.63. The van der Waals surface area contributed by atoms with Crippen LogP contribution in [0, 0.1) is 12.3 Å². The number of nitrogens with zero attached hydrogens (tertiary/aromatic N) is 1. The molecule has 1 saturated carbocycles. The summed E-state index contributed by atoms with van der Waals surface area (Å²) in [6.07, 6.45) is 1.30. The summed E-state index contributed by atoms with van der Waals surface area (Å²) in [7, 11) is 2.00. The second-order valence-electron chi connectivity index (χ2n) is 5.26. The highest BCUT2D eigenvalue weighted by Gasteiger charge is 2.48. The number of thiazole rings is 1. The number of nitrogens with one attached hydrogen (secondary N) is 1. The summed E-state index contributed by atoms with van der Waals surface area (Å²) >= 11 is 1.89. The first kappa shape index (κ1) is 11.1. The molecule has 2 atom stereocenters. The Bertz CT molecular complexity index is 368. The van der Waals surface area contributed by atoms with E-state index in [-0.39, 0.29) is 0 Å². The predicted octanol–water partition coefficient (Wildman–Crippen LogP) is 3.25. The van der Waals surface area contributed by atoms with Gasteiger partial charge in [0.15, 0.2) is 0 Å². The van der Waals surface area contributed by atoms with E-state index in [9.17, 15) is 0 Å². The Balaban J connectivity index is 2.23. The van der Waals surface area contributed by atoms with Gasteiger partial charge in [-0.1, -0.05) is 13.8 Å². The molecule has 2 nitrogen and oxygen atoms in total. The summed E-state index contributed by atoms with van der Waals surface area (Å²) < 4.78 is 0. The molecule has 0 aromatic carbocycles. The fourth-order valence-corrected chi connectivity index (χ4v) is 3.44. The largest absolute Gasteiger partial charge is 0.312 e. The van der Waals surface area contributed by atoms with Gasteiger partial charge in [0.05, 0.1) is 10.7 Å². The van der Waals surface area contributed by atoms with Crippen molar-refractivity contribution in [2.75, 3.05) is 7.05 Å². The Morgan fingerprint density at radius 3 is 2.60 bits per heavy atom. The van der Waals surface area contributed by atoms with Gasteiger partial charge in [0.25, 0.3) is 0 Å². The van der Waals surface area contributed by atoms with E-state index in [0.717, 1.165) is 0 Å². The van der Waals surface area contributed by atoms with Crippen LogP contribution in [-0.4, -0.2) is 12.0 Å². The number of hydrogen-bond donors (Lipinski definition) is 1. The number of aryl methyl sites for hydroxylation is 1. The topological polar surface area (TPSA) is 24.9 Å². The van der Waals surface area contributed by atoms with Gasteiger partial charge in [-0.25, -0.2) is 4.98 Å². The average Bonchev–Trinajstić information content (AvgIpc) is 2.64. The van der Waals surface area contributed by atoms with Crippen LogP contribution in [0.15, 0.2) is 0 Å². The minimum Gasteiger partial charge on any atom is -0.312 e. The van der Waals surface area contributed by atoms with E-state index in [2.05, 4.69) is 33.0 Å². The third-order valence-corrected chi connectivity index (χ3v) is 4.94. The van der Waals surface area contributed by atoms with E-state index >= 15 is 0 Å². The highest BCUT2D eigenvalue weighted by molar-refractivity contribution is 7.12. The monoisotopic (exact) mass is 224 g/mol. The second kappa shape index (κ2) is 3.56. The van der Waals surface area contributed by atoms with Gasteiger partial charge < -0.3 is 5.32 Å². The standard InChI is InChI=1S/C12H20N2S/c1-7(13-5)10-8(2)14-11(15-10)9-6-12(9,3)4/h7,9,13H,6H2,1-5H3. The molecular formula is C12H20N2S. The number of aromatic nitrogens is 1. The Morgan fingerprint density at radius 1 is 1.53 bits per heavy atom. The zero-order valence-electron chi connectivity index (χ0n) is 10.2. The van der Waals surface area contributed by atoms with Crippen molar-refractivity contribution in [2.45, 2.75) is 46.1 Å². The molecule has 15 heavy (non-hydrogen) atoms. The first-order chi connectivity index (χ1) is 6.95. The Kier molecular flexibility index (Phi) is 2.63. The molecule has 0 bridgehead atoms. The van der Waals surface area contributed by atoms with Gasteiger partial charge in [-0.15, -0.1) is 11.3 Å². The SMILES string of the molecule is CNC(C)c1sc(C2CC2(C)C)nc1C. The van der Waals surface area contributed by atoms with Crippen LogP contribution in [0.5, 0.6) is 0 Å². The summed E-state index contributed by atoms with van der Waals surface area (Å²) in [5.74, 6) is 0.707. The molecule has 0 amide bonds. The van der Waals surface area contributed by atoms with Gasteiger partial charge in [0.2, 0.25) is 0 Å². The van der Waals surface area contributed by atoms with E-state index in [1.807, 2.05) is 18.4 Å². The smallest absolute Gasteiger partial charge is 0.0968 e. The minimum absolute atomic E-state index is 0.429. The highest BCUT2D eigenvalue weighted by Crippen LogP contribution is 2.59.